The van der Waals surface area contributed by atoms with Crippen LogP contribution in [0.25, 0.3) is 0 Å². The highest BCUT2D eigenvalue weighted by molar-refractivity contribution is 7.09. The maximum atomic E-state index is 10.5. The molecule has 0 fully saturated rings. The zero-order valence-electron chi connectivity index (χ0n) is 7.30. The summed E-state index contributed by atoms with van der Waals surface area (Å²) in [7, 11) is 1.41. The van der Waals surface area contributed by atoms with Crippen molar-refractivity contribution in [3.05, 3.63) is 0 Å². The molecule has 0 spiro atoms. The van der Waals surface area contributed by atoms with Crippen LogP contribution in [0.4, 0.5) is 5.13 Å². The van der Waals surface area contributed by atoms with Crippen LogP contribution in [0.1, 0.15) is 0 Å². The summed E-state index contributed by atoms with van der Waals surface area (Å²) >= 11 is 0.964. The fourth-order valence-corrected chi connectivity index (χ4v) is 1.28. The number of hydrogen-bond acceptors (Lipinski definition) is 7. The van der Waals surface area contributed by atoms with Crippen molar-refractivity contribution in [2.45, 2.75) is 6.04 Å². The van der Waals surface area contributed by atoms with Crippen molar-refractivity contribution >= 4 is 22.6 Å². The van der Waals surface area contributed by atoms with E-state index < -0.39 is 18.6 Å². The molecule has 1 heterocycles. The van der Waals surface area contributed by atoms with Gasteiger partial charge in [-0.25, -0.2) is 4.79 Å². The van der Waals surface area contributed by atoms with E-state index in [1.54, 1.807) is 0 Å². The van der Waals surface area contributed by atoms with Crippen LogP contribution in [0.3, 0.4) is 0 Å². The number of anilines is 1. The van der Waals surface area contributed by atoms with Crippen LogP contribution in [-0.4, -0.2) is 45.3 Å². The normalized spacial score (nSPS) is 12.1. The number of rotatable bonds is 5. The molecule has 0 aromatic carbocycles. The van der Waals surface area contributed by atoms with Crippen molar-refractivity contribution in [3.63, 3.8) is 0 Å². The molecule has 1 aromatic heterocycles. The maximum absolute atomic E-state index is 10.5. The van der Waals surface area contributed by atoms with Crippen LogP contribution >= 0.6 is 11.5 Å². The Hall–Kier alpha value is -1.41. The minimum absolute atomic E-state index is 0.166. The van der Waals surface area contributed by atoms with Gasteiger partial charge in [0.1, 0.15) is 6.04 Å². The van der Waals surface area contributed by atoms with E-state index >= 15 is 0 Å². The molecule has 0 bridgehead atoms. The number of aliphatic carboxylic acids is 1. The molecule has 7 nitrogen and oxygen atoms in total. The Morgan fingerprint density at radius 3 is 2.93 bits per heavy atom. The molecule has 0 amide bonds. The van der Waals surface area contributed by atoms with E-state index in [1.165, 1.54) is 7.11 Å². The zero-order chi connectivity index (χ0) is 10.6. The minimum atomic E-state index is -1.15. The Labute approximate surface area is 83.5 Å². The number of nitrogens with zero attached hydrogens (tertiary/aromatic N) is 2. The summed E-state index contributed by atoms with van der Waals surface area (Å²) in [4.78, 5) is 14.3. The second-order valence-electron chi connectivity index (χ2n) is 2.30. The number of aliphatic hydroxyl groups is 1. The minimum Gasteiger partial charge on any atom is -0.480 e. The first-order chi connectivity index (χ1) is 6.67. The summed E-state index contributed by atoms with van der Waals surface area (Å²) in [6.45, 7) is -0.517. The summed E-state index contributed by atoms with van der Waals surface area (Å²) in [6, 6.07) is -0.910. The van der Waals surface area contributed by atoms with Gasteiger partial charge in [0.25, 0.3) is 0 Å². The molecular formula is C6H9N3O4S. The maximum Gasteiger partial charge on any atom is 0.329 e. The largest absolute Gasteiger partial charge is 0.480 e. The van der Waals surface area contributed by atoms with Crippen LogP contribution in [0.2, 0.25) is 0 Å². The lowest BCUT2D eigenvalue weighted by atomic mass is 10.3. The third-order valence-corrected chi connectivity index (χ3v) is 2.00. The van der Waals surface area contributed by atoms with Gasteiger partial charge in [0.2, 0.25) is 5.13 Å². The van der Waals surface area contributed by atoms with E-state index in [0.717, 1.165) is 11.5 Å². The number of carboxylic acid groups (broad SMARTS) is 1. The predicted octanol–water partition coefficient (Wildman–Crippen LogP) is -0.596. The standard InChI is InChI=1S/C6H9N3O4S/c1-13-5-8-6(14-9-5)7-3(2-10)4(11)12/h3,10H,2H2,1H3,(H,11,12)(H,7,8,9)/t3-/m0/s1. The smallest absolute Gasteiger partial charge is 0.329 e. The number of aromatic nitrogens is 2. The molecule has 0 unspecified atom stereocenters. The third kappa shape index (κ3) is 2.54. The molecular weight excluding hydrogens is 210 g/mol. The molecule has 0 aliphatic rings. The second-order valence-corrected chi connectivity index (χ2v) is 3.06. The van der Waals surface area contributed by atoms with Crippen LogP contribution in [0.5, 0.6) is 6.01 Å². The van der Waals surface area contributed by atoms with E-state index in [4.69, 9.17) is 14.9 Å². The zero-order valence-corrected chi connectivity index (χ0v) is 8.11. The average molecular weight is 219 g/mol. The van der Waals surface area contributed by atoms with Gasteiger partial charge in [-0.05, 0) is 0 Å². The van der Waals surface area contributed by atoms with Crippen molar-refractivity contribution in [2.24, 2.45) is 0 Å². The Kier molecular flexibility index (Phi) is 3.60. The van der Waals surface area contributed by atoms with Crippen molar-refractivity contribution in [1.82, 2.24) is 9.36 Å². The monoisotopic (exact) mass is 219 g/mol. The van der Waals surface area contributed by atoms with Crippen molar-refractivity contribution in [2.75, 3.05) is 19.0 Å². The number of carbonyl (C=O) groups is 1. The molecule has 0 aliphatic carbocycles. The molecule has 1 aromatic rings. The number of hydrogen-bond donors (Lipinski definition) is 3. The van der Waals surface area contributed by atoms with E-state index in [0.29, 0.717) is 5.13 Å². The van der Waals surface area contributed by atoms with Crippen LogP contribution < -0.4 is 10.1 Å². The van der Waals surface area contributed by atoms with Crippen molar-refractivity contribution in [1.29, 1.82) is 0 Å². The number of ether oxygens (including phenoxy) is 1. The first-order valence-electron chi connectivity index (χ1n) is 3.65. The molecule has 1 rings (SSSR count). The van der Waals surface area contributed by atoms with Crippen molar-refractivity contribution < 1.29 is 19.7 Å². The Morgan fingerprint density at radius 2 is 2.50 bits per heavy atom. The molecule has 0 saturated heterocycles. The van der Waals surface area contributed by atoms with Crippen LogP contribution in [0, 0.1) is 0 Å². The van der Waals surface area contributed by atoms with Gasteiger partial charge >= 0.3 is 12.0 Å². The molecule has 3 N–H and O–H groups in total. The van der Waals surface area contributed by atoms with Gasteiger partial charge in [0.05, 0.1) is 13.7 Å². The number of methoxy groups -OCH3 is 1. The van der Waals surface area contributed by atoms with Crippen molar-refractivity contribution in [3.8, 4) is 6.01 Å². The van der Waals surface area contributed by atoms with E-state index in [1.807, 2.05) is 0 Å². The topological polar surface area (TPSA) is 105 Å². The SMILES string of the molecule is COc1nsc(N[C@@H](CO)C(=O)O)n1. The first kappa shape index (κ1) is 10.7. The first-order valence-corrected chi connectivity index (χ1v) is 4.42. The van der Waals surface area contributed by atoms with Gasteiger partial charge in [-0.1, -0.05) is 0 Å². The fraction of sp³-hybridized carbons (Fsp3) is 0.500. The quantitative estimate of drug-likeness (QED) is 0.607. The highest BCUT2D eigenvalue weighted by Crippen LogP contribution is 2.16. The molecule has 0 aliphatic heterocycles. The molecule has 0 saturated carbocycles. The molecule has 0 radical (unpaired) electrons. The summed E-state index contributed by atoms with van der Waals surface area (Å²) in [5.74, 6) is -1.15. The lowest BCUT2D eigenvalue weighted by Crippen LogP contribution is -2.32. The second kappa shape index (κ2) is 4.72. The molecule has 78 valence electrons. The number of carboxylic acids is 1. The van der Waals surface area contributed by atoms with Gasteiger partial charge in [0.15, 0.2) is 0 Å². The highest BCUT2D eigenvalue weighted by atomic mass is 32.1. The van der Waals surface area contributed by atoms with Gasteiger partial charge in [0, 0.05) is 11.5 Å². The molecule has 1 atom stereocenters. The summed E-state index contributed by atoms with van der Waals surface area (Å²) in [6.07, 6.45) is 0. The van der Waals surface area contributed by atoms with Crippen LogP contribution in [-0.2, 0) is 4.79 Å². The molecule has 8 heteroatoms. The average Bonchev–Trinajstić information content (AvgIpc) is 2.61. The third-order valence-electron chi connectivity index (χ3n) is 1.37. The summed E-state index contributed by atoms with van der Waals surface area (Å²) < 4.78 is 8.46. The van der Waals surface area contributed by atoms with Gasteiger partial charge in [-0.3, -0.25) is 0 Å². The van der Waals surface area contributed by atoms with Crippen LogP contribution in [0.15, 0.2) is 0 Å². The molecule has 14 heavy (non-hydrogen) atoms. The van der Waals surface area contributed by atoms with Gasteiger partial charge in [-0.15, -0.1) is 4.37 Å². The summed E-state index contributed by atoms with van der Waals surface area (Å²) in [5, 5.41) is 20.1. The number of aliphatic hydroxyl groups excluding tert-OH is 1. The lowest BCUT2D eigenvalue weighted by Gasteiger charge is -2.08. The number of nitrogens with one attached hydrogen (secondary N) is 1. The Balaban J connectivity index is 2.62. The van der Waals surface area contributed by atoms with E-state index in [2.05, 4.69) is 14.7 Å². The van der Waals surface area contributed by atoms with E-state index in [9.17, 15) is 4.79 Å². The van der Waals surface area contributed by atoms with Gasteiger partial charge in [-0.2, -0.15) is 4.98 Å². The predicted molar refractivity (Wildman–Crippen MR) is 48.6 cm³/mol. The summed E-state index contributed by atoms with van der Waals surface area (Å²) in [5.41, 5.74) is 0. The van der Waals surface area contributed by atoms with E-state index in [-0.39, 0.29) is 6.01 Å². The Morgan fingerprint density at radius 1 is 1.79 bits per heavy atom. The highest BCUT2D eigenvalue weighted by Gasteiger charge is 2.17. The lowest BCUT2D eigenvalue weighted by molar-refractivity contribution is -0.138. The fourth-order valence-electron chi connectivity index (χ4n) is 0.686. The Bertz CT molecular complexity index is 316. The van der Waals surface area contributed by atoms with Gasteiger partial charge < -0.3 is 20.3 Å².